The van der Waals surface area contributed by atoms with Crippen LogP contribution in [0.5, 0.6) is 5.75 Å². The lowest BCUT2D eigenvalue weighted by molar-refractivity contribution is -0.131. The average Bonchev–Trinajstić information content (AvgIpc) is 2.26. The number of rotatable bonds is 6. The van der Waals surface area contributed by atoms with E-state index in [1.807, 2.05) is 24.3 Å². The van der Waals surface area contributed by atoms with Crippen molar-refractivity contribution < 1.29 is 9.53 Å². The Labute approximate surface area is 105 Å². The monoisotopic (exact) mass is 258 g/mol. The Balaban J connectivity index is 2.36. The number of thioether (sulfide) groups is 1. The SMILES string of the molecule is CC(=O)Oc1ccc(SCCCCCl)cc1. The maximum atomic E-state index is 10.7. The van der Waals surface area contributed by atoms with Crippen LogP contribution in [0.2, 0.25) is 0 Å². The van der Waals surface area contributed by atoms with E-state index in [9.17, 15) is 4.79 Å². The summed E-state index contributed by atoms with van der Waals surface area (Å²) in [5.74, 6) is 2.10. The maximum Gasteiger partial charge on any atom is 0.308 e. The molecule has 0 amide bonds. The van der Waals surface area contributed by atoms with Crippen LogP contribution in [0, 0.1) is 0 Å². The lowest BCUT2D eigenvalue weighted by Crippen LogP contribution is -2.00. The molecule has 0 fully saturated rings. The molecule has 2 nitrogen and oxygen atoms in total. The fourth-order valence-electron chi connectivity index (χ4n) is 1.16. The van der Waals surface area contributed by atoms with Crippen LogP contribution in [0.3, 0.4) is 0 Å². The standard InChI is InChI=1S/C12H15ClO2S/c1-10(14)15-11-4-6-12(7-5-11)16-9-3-2-8-13/h4-7H,2-3,8-9H2,1H3. The molecule has 0 heterocycles. The van der Waals surface area contributed by atoms with Gasteiger partial charge in [-0.05, 0) is 42.9 Å². The summed E-state index contributed by atoms with van der Waals surface area (Å²) in [6, 6.07) is 7.55. The van der Waals surface area contributed by atoms with Gasteiger partial charge in [0.1, 0.15) is 5.75 Å². The molecule has 0 spiro atoms. The van der Waals surface area contributed by atoms with Gasteiger partial charge in [-0.2, -0.15) is 0 Å². The number of carbonyl (C=O) groups excluding carboxylic acids is 1. The summed E-state index contributed by atoms with van der Waals surface area (Å²) in [5, 5.41) is 0. The third-order valence-electron chi connectivity index (χ3n) is 1.88. The predicted octanol–water partition coefficient (Wildman–Crippen LogP) is 3.72. The number of ether oxygens (including phenoxy) is 1. The Morgan fingerprint density at radius 1 is 1.31 bits per heavy atom. The zero-order valence-electron chi connectivity index (χ0n) is 9.24. The zero-order valence-corrected chi connectivity index (χ0v) is 10.8. The summed E-state index contributed by atoms with van der Waals surface area (Å²) < 4.78 is 4.95. The molecule has 0 aliphatic carbocycles. The van der Waals surface area contributed by atoms with Crippen molar-refractivity contribution in [1.82, 2.24) is 0 Å². The fraction of sp³-hybridized carbons (Fsp3) is 0.417. The highest BCUT2D eigenvalue weighted by molar-refractivity contribution is 7.99. The van der Waals surface area contributed by atoms with E-state index in [-0.39, 0.29) is 5.97 Å². The van der Waals surface area contributed by atoms with Gasteiger partial charge in [-0.1, -0.05) is 0 Å². The summed E-state index contributed by atoms with van der Waals surface area (Å²) in [6.07, 6.45) is 2.18. The first kappa shape index (κ1) is 13.4. The molecule has 0 aliphatic heterocycles. The van der Waals surface area contributed by atoms with Gasteiger partial charge < -0.3 is 4.74 Å². The van der Waals surface area contributed by atoms with E-state index >= 15 is 0 Å². The van der Waals surface area contributed by atoms with Crippen LogP contribution >= 0.6 is 23.4 Å². The van der Waals surface area contributed by atoms with E-state index in [2.05, 4.69) is 0 Å². The highest BCUT2D eigenvalue weighted by Crippen LogP contribution is 2.22. The highest BCUT2D eigenvalue weighted by Gasteiger charge is 1.98. The van der Waals surface area contributed by atoms with E-state index in [0.717, 1.165) is 24.5 Å². The number of carbonyl (C=O) groups is 1. The van der Waals surface area contributed by atoms with Crippen molar-refractivity contribution in [2.75, 3.05) is 11.6 Å². The molecule has 0 unspecified atom stereocenters. The molecular weight excluding hydrogens is 244 g/mol. The molecule has 1 rings (SSSR count). The summed E-state index contributed by atoms with van der Waals surface area (Å²) >= 11 is 7.38. The van der Waals surface area contributed by atoms with Crippen LogP contribution in [-0.2, 0) is 4.79 Å². The fourth-order valence-corrected chi connectivity index (χ4v) is 2.26. The average molecular weight is 259 g/mol. The van der Waals surface area contributed by atoms with Gasteiger partial charge in [0, 0.05) is 17.7 Å². The minimum atomic E-state index is -0.289. The molecular formula is C12H15ClO2S. The number of unbranched alkanes of at least 4 members (excludes halogenated alkanes) is 1. The molecule has 1 aromatic rings. The van der Waals surface area contributed by atoms with E-state index in [0.29, 0.717) is 5.75 Å². The molecule has 0 N–H and O–H groups in total. The number of hydrogen-bond acceptors (Lipinski definition) is 3. The minimum Gasteiger partial charge on any atom is -0.427 e. The van der Waals surface area contributed by atoms with Crippen molar-refractivity contribution in [3.63, 3.8) is 0 Å². The Hall–Kier alpha value is -0.670. The summed E-state index contributed by atoms with van der Waals surface area (Å²) in [5.41, 5.74) is 0. The molecule has 0 aromatic heterocycles. The molecule has 0 aliphatic rings. The van der Waals surface area contributed by atoms with Crippen molar-refractivity contribution in [2.24, 2.45) is 0 Å². The summed E-state index contributed by atoms with van der Waals surface area (Å²) in [6.45, 7) is 1.40. The Bertz CT molecular complexity index is 324. The first-order valence-electron chi connectivity index (χ1n) is 5.19. The van der Waals surface area contributed by atoms with Crippen LogP contribution in [0.4, 0.5) is 0 Å². The van der Waals surface area contributed by atoms with Crippen molar-refractivity contribution in [3.05, 3.63) is 24.3 Å². The first-order valence-corrected chi connectivity index (χ1v) is 6.71. The van der Waals surface area contributed by atoms with Gasteiger partial charge in [-0.3, -0.25) is 4.79 Å². The Morgan fingerprint density at radius 2 is 2.00 bits per heavy atom. The zero-order chi connectivity index (χ0) is 11.8. The molecule has 0 saturated heterocycles. The molecule has 0 atom stereocenters. The van der Waals surface area contributed by atoms with Crippen LogP contribution in [0.15, 0.2) is 29.2 Å². The number of halogens is 1. The molecule has 4 heteroatoms. The number of esters is 1. The Morgan fingerprint density at radius 3 is 2.56 bits per heavy atom. The molecule has 1 aromatic carbocycles. The predicted molar refractivity (Wildman–Crippen MR) is 68.4 cm³/mol. The van der Waals surface area contributed by atoms with Gasteiger partial charge in [-0.25, -0.2) is 0 Å². The molecule has 0 saturated carbocycles. The van der Waals surface area contributed by atoms with Crippen LogP contribution < -0.4 is 4.74 Å². The second kappa shape index (κ2) is 7.58. The summed E-state index contributed by atoms with van der Waals surface area (Å²) in [7, 11) is 0. The second-order valence-electron chi connectivity index (χ2n) is 3.31. The third kappa shape index (κ3) is 5.42. The lowest BCUT2D eigenvalue weighted by atomic mass is 10.3. The number of alkyl halides is 1. The number of hydrogen-bond donors (Lipinski definition) is 0. The van der Waals surface area contributed by atoms with Crippen LogP contribution in [0.25, 0.3) is 0 Å². The molecule has 88 valence electrons. The van der Waals surface area contributed by atoms with Gasteiger partial charge in [0.15, 0.2) is 0 Å². The largest absolute Gasteiger partial charge is 0.427 e. The lowest BCUT2D eigenvalue weighted by Gasteiger charge is -2.03. The van der Waals surface area contributed by atoms with Gasteiger partial charge in [-0.15, -0.1) is 23.4 Å². The summed E-state index contributed by atoms with van der Waals surface area (Å²) in [4.78, 5) is 11.9. The normalized spacial score (nSPS) is 10.1. The second-order valence-corrected chi connectivity index (χ2v) is 4.86. The van der Waals surface area contributed by atoms with Crippen molar-refractivity contribution in [1.29, 1.82) is 0 Å². The smallest absolute Gasteiger partial charge is 0.308 e. The minimum absolute atomic E-state index is 0.289. The third-order valence-corrected chi connectivity index (χ3v) is 3.25. The van der Waals surface area contributed by atoms with Gasteiger partial charge in [0.2, 0.25) is 0 Å². The molecule has 0 radical (unpaired) electrons. The van der Waals surface area contributed by atoms with Crippen molar-refractivity contribution in [3.8, 4) is 5.75 Å². The van der Waals surface area contributed by atoms with Crippen LogP contribution in [0.1, 0.15) is 19.8 Å². The first-order chi connectivity index (χ1) is 7.72. The number of benzene rings is 1. The van der Waals surface area contributed by atoms with Gasteiger partial charge in [0.25, 0.3) is 0 Å². The van der Waals surface area contributed by atoms with Gasteiger partial charge >= 0.3 is 5.97 Å². The molecule has 0 bridgehead atoms. The van der Waals surface area contributed by atoms with Crippen molar-refractivity contribution in [2.45, 2.75) is 24.7 Å². The molecule has 16 heavy (non-hydrogen) atoms. The Kier molecular flexibility index (Phi) is 6.34. The van der Waals surface area contributed by atoms with E-state index in [1.54, 1.807) is 11.8 Å². The van der Waals surface area contributed by atoms with Crippen LogP contribution in [-0.4, -0.2) is 17.6 Å². The quantitative estimate of drug-likeness (QED) is 0.256. The maximum absolute atomic E-state index is 10.7. The highest BCUT2D eigenvalue weighted by atomic mass is 35.5. The van der Waals surface area contributed by atoms with E-state index < -0.39 is 0 Å². The van der Waals surface area contributed by atoms with E-state index in [4.69, 9.17) is 16.3 Å². The van der Waals surface area contributed by atoms with E-state index in [1.165, 1.54) is 11.8 Å². The van der Waals surface area contributed by atoms with Crippen molar-refractivity contribution >= 4 is 29.3 Å². The topological polar surface area (TPSA) is 26.3 Å². The van der Waals surface area contributed by atoms with Gasteiger partial charge in [0.05, 0.1) is 0 Å².